The van der Waals surface area contributed by atoms with Gasteiger partial charge in [-0.1, -0.05) is 6.07 Å². The van der Waals surface area contributed by atoms with Crippen molar-refractivity contribution in [2.75, 3.05) is 7.11 Å². The minimum absolute atomic E-state index is 0.0778. The number of halogens is 5. The molecule has 0 bridgehead atoms. The van der Waals surface area contributed by atoms with E-state index >= 15 is 0 Å². The number of aromatic nitrogens is 2. The molecule has 9 heteroatoms. The third kappa shape index (κ3) is 4.03. The van der Waals surface area contributed by atoms with Crippen LogP contribution in [0.25, 0.3) is 17.0 Å². The van der Waals surface area contributed by atoms with Crippen LogP contribution < -0.4 is 0 Å². The van der Waals surface area contributed by atoms with Crippen molar-refractivity contribution >= 4 is 22.9 Å². The van der Waals surface area contributed by atoms with Gasteiger partial charge in [-0.25, -0.2) is 13.6 Å². The van der Waals surface area contributed by atoms with E-state index in [1.807, 2.05) is 0 Å². The first-order chi connectivity index (χ1) is 13.2. The largest absolute Gasteiger partial charge is 0.466 e. The molecule has 28 heavy (non-hydrogen) atoms. The number of carbonyl (C=O) groups excluding carboxylic acids is 1. The van der Waals surface area contributed by atoms with Gasteiger partial charge in [-0.15, -0.1) is 0 Å². The number of esters is 1. The Hall–Kier alpha value is -3.23. The van der Waals surface area contributed by atoms with Crippen molar-refractivity contribution in [1.82, 2.24) is 9.78 Å². The first kappa shape index (κ1) is 19.5. The summed E-state index contributed by atoms with van der Waals surface area (Å²) in [5.41, 5.74) is -0.412. The molecule has 2 aromatic carbocycles. The van der Waals surface area contributed by atoms with E-state index in [0.29, 0.717) is 11.6 Å². The molecule has 0 aliphatic rings. The molecule has 0 radical (unpaired) electrons. The van der Waals surface area contributed by atoms with E-state index in [1.165, 1.54) is 22.9 Å². The maximum Gasteiger partial charge on any atom is 0.416 e. The quantitative estimate of drug-likeness (QED) is 0.369. The standard InChI is InChI=1S/C19H13F5N2O2/c1-28-18(27)7-5-16-14-8-12(19(22,23)24)3-6-17(14)26(25-16)10-11-2-4-13(20)9-15(11)21/h2-9H,10H2,1H3/b7-5+. The van der Waals surface area contributed by atoms with Gasteiger partial charge in [0.05, 0.1) is 30.4 Å². The third-order valence-corrected chi connectivity index (χ3v) is 4.02. The Kier molecular flexibility index (Phi) is 5.17. The van der Waals surface area contributed by atoms with Crippen LogP contribution in [0.1, 0.15) is 16.8 Å². The van der Waals surface area contributed by atoms with E-state index in [1.54, 1.807) is 0 Å². The zero-order valence-corrected chi connectivity index (χ0v) is 14.4. The lowest BCUT2D eigenvalue weighted by Gasteiger charge is -2.08. The summed E-state index contributed by atoms with van der Waals surface area (Å²) in [6.45, 7) is -0.139. The molecule has 0 saturated heterocycles. The molecule has 4 nitrogen and oxygen atoms in total. The summed E-state index contributed by atoms with van der Waals surface area (Å²) < 4.78 is 72.0. The van der Waals surface area contributed by atoms with Crippen LogP contribution in [0.2, 0.25) is 0 Å². The number of rotatable bonds is 4. The number of benzene rings is 2. The topological polar surface area (TPSA) is 44.1 Å². The summed E-state index contributed by atoms with van der Waals surface area (Å²) in [5.74, 6) is -2.26. The molecule has 1 aromatic heterocycles. The first-order valence-electron chi connectivity index (χ1n) is 7.97. The molecular weight excluding hydrogens is 383 g/mol. The molecule has 1 heterocycles. The Morgan fingerprint density at radius 2 is 1.93 bits per heavy atom. The molecule has 0 atom stereocenters. The number of fused-ring (bicyclic) bond motifs is 1. The molecule has 3 rings (SSSR count). The van der Waals surface area contributed by atoms with Crippen molar-refractivity contribution in [2.24, 2.45) is 0 Å². The fourth-order valence-corrected chi connectivity index (χ4v) is 2.65. The second kappa shape index (κ2) is 7.41. The Morgan fingerprint density at radius 1 is 1.18 bits per heavy atom. The lowest BCUT2D eigenvalue weighted by Crippen LogP contribution is -2.06. The van der Waals surface area contributed by atoms with Gasteiger partial charge in [0, 0.05) is 23.1 Å². The summed E-state index contributed by atoms with van der Waals surface area (Å²) in [7, 11) is 1.16. The van der Waals surface area contributed by atoms with E-state index in [0.717, 1.165) is 31.4 Å². The van der Waals surface area contributed by atoms with Gasteiger partial charge in [0.2, 0.25) is 0 Å². The van der Waals surface area contributed by atoms with Gasteiger partial charge in [-0.3, -0.25) is 4.68 Å². The Labute approximate surface area is 155 Å². The van der Waals surface area contributed by atoms with Gasteiger partial charge < -0.3 is 4.74 Å². The maximum atomic E-state index is 14.0. The van der Waals surface area contributed by atoms with Gasteiger partial charge in [-0.05, 0) is 30.3 Å². The van der Waals surface area contributed by atoms with E-state index in [9.17, 15) is 26.7 Å². The minimum atomic E-state index is -4.57. The predicted octanol–water partition coefficient (Wildman–Crippen LogP) is 4.57. The molecule has 0 unspecified atom stereocenters. The van der Waals surface area contributed by atoms with E-state index in [2.05, 4.69) is 9.84 Å². The molecule has 3 aromatic rings. The lowest BCUT2D eigenvalue weighted by atomic mass is 10.1. The number of carbonyl (C=O) groups is 1. The first-order valence-corrected chi connectivity index (χ1v) is 7.97. The summed E-state index contributed by atoms with van der Waals surface area (Å²) in [6, 6.07) is 6.01. The fourth-order valence-electron chi connectivity index (χ4n) is 2.65. The minimum Gasteiger partial charge on any atom is -0.466 e. The Balaban J connectivity index is 2.12. The number of hydrogen-bond acceptors (Lipinski definition) is 3. The molecule has 0 aliphatic carbocycles. The highest BCUT2D eigenvalue weighted by molar-refractivity contribution is 5.93. The second-order valence-electron chi connectivity index (χ2n) is 5.86. The number of methoxy groups -OCH3 is 1. The van der Waals surface area contributed by atoms with Crippen molar-refractivity contribution in [3.8, 4) is 0 Å². The van der Waals surface area contributed by atoms with Crippen LogP contribution in [0.3, 0.4) is 0 Å². The van der Waals surface area contributed by atoms with E-state index < -0.39 is 29.3 Å². The predicted molar refractivity (Wildman–Crippen MR) is 91.2 cm³/mol. The maximum absolute atomic E-state index is 14.0. The fraction of sp³-hybridized carbons (Fsp3) is 0.158. The van der Waals surface area contributed by atoms with Crippen LogP contribution in [0.5, 0.6) is 0 Å². The average molecular weight is 396 g/mol. The summed E-state index contributed by atoms with van der Waals surface area (Å²) >= 11 is 0. The Morgan fingerprint density at radius 3 is 2.57 bits per heavy atom. The van der Waals surface area contributed by atoms with Crippen LogP contribution in [0.4, 0.5) is 22.0 Å². The van der Waals surface area contributed by atoms with Gasteiger partial charge in [0.15, 0.2) is 0 Å². The molecule has 0 saturated carbocycles. The highest BCUT2D eigenvalue weighted by Gasteiger charge is 2.31. The average Bonchev–Trinajstić information content (AvgIpc) is 2.98. The summed E-state index contributed by atoms with van der Waals surface area (Å²) in [6.07, 6.45) is -2.33. The highest BCUT2D eigenvalue weighted by atomic mass is 19.4. The van der Waals surface area contributed by atoms with Crippen LogP contribution in [0, 0.1) is 11.6 Å². The second-order valence-corrected chi connectivity index (χ2v) is 5.86. The van der Waals surface area contributed by atoms with Crippen molar-refractivity contribution in [2.45, 2.75) is 12.7 Å². The zero-order valence-electron chi connectivity index (χ0n) is 14.4. The van der Waals surface area contributed by atoms with Crippen molar-refractivity contribution in [3.05, 3.63) is 70.9 Å². The monoisotopic (exact) mass is 396 g/mol. The van der Waals surface area contributed by atoms with Crippen LogP contribution >= 0.6 is 0 Å². The SMILES string of the molecule is COC(=O)/C=C/c1nn(Cc2ccc(F)cc2F)c2ccc(C(F)(F)F)cc12. The van der Waals surface area contributed by atoms with Crippen molar-refractivity contribution in [3.63, 3.8) is 0 Å². The van der Waals surface area contributed by atoms with Gasteiger partial charge >= 0.3 is 12.1 Å². The van der Waals surface area contributed by atoms with Gasteiger partial charge in [0.1, 0.15) is 11.6 Å². The third-order valence-electron chi connectivity index (χ3n) is 4.02. The van der Waals surface area contributed by atoms with Gasteiger partial charge in [0.25, 0.3) is 0 Å². The van der Waals surface area contributed by atoms with Crippen LogP contribution in [-0.2, 0) is 22.3 Å². The smallest absolute Gasteiger partial charge is 0.416 e. The normalized spacial score (nSPS) is 12.1. The summed E-state index contributed by atoms with van der Waals surface area (Å²) in [4.78, 5) is 11.3. The number of hydrogen-bond donors (Lipinski definition) is 0. The molecular formula is C19H13F5N2O2. The van der Waals surface area contributed by atoms with Crippen LogP contribution in [-0.4, -0.2) is 22.9 Å². The van der Waals surface area contributed by atoms with E-state index in [-0.39, 0.29) is 23.2 Å². The molecule has 146 valence electrons. The van der Waals surface area contributed by atoms with Crippen LogP contribution in [0.15, 0.2) is 42.5 Å². The molecule has 0 amide bonds. The lowest BCUT2D eigenvalue weighted by molar-refractivity contribution is -0.137. The van der Waals surface area contributed by atoms with Crippen molar-refractivity contribution < 1.29 is 31.5 Å². The van der Waals surface area contributed by atoms with E-state index in [4.69, 9.17) is 0 Å². The molecule has 0 fully saturated rings. The van der Waals surface area contributed by atoms with Crippen molar-refractivity contribution in [1.29, 1.82) is 0 Å². The Bertz CT molecular complexity index is 1070. The molecule has 0 N–H and O–H groups in total. The number of alkyl halides is 3. The summed E-state index contributed by atoms with van der Waals surface area (Å²) in [5, 5.41) is 4.29. The molecule has 0 spiro atoms. The number of ether oxygens (including phenoxy) is 1. The number of nitrogens with zero attached hydrogens (tertiary/aromatic N) is 2. The highest BCUT2D eigenvalue weighted by Crippen LogP contribution is 2.33. The molecule has 0 aliphatic heterocycles. The zero-order chi connectivity index (χ0) is 20.5. The van der Waals surface area contributed by atoms with Gasteiger partial charge in [-0.2, -0.15) is 18.3 Å².